The Bertz CT molecular complexity index is 644. The standard InChI is InChI=1S/C14H13BrClFN2O/c1-14(2,3)13-18-11(16)7-12(19-13)20-10-6-8(17)4-5-9(10)15/h4-7H,1-3H3. The predicted molar refractivity (Wildman–Crippen MR) is 79.9 cm³/mol. The molecule has 0 aliphatic rings. The van der Waals surface area contributed by atoms with Crippen LogP contribution in [0.15, 0.2) is 28.7 Å². The van der Waals surface area contributed by atoms with Crippen LogP contribution in [-0.4, -0.2) is 9.97 Å². The first kappa shape index (κ1) is 15.2. The third-order valence-corrected chi connectivity index (χ3v) is 3.30. The van der Waals surface area contributed by atoms with Crippen molar-refractivity contribution in [1.29, 1.82) is 0 Å². The predicted octanol–water partition coefficient (Wildman–Crippen LogP) is 5.12. The average molecular weight is 360 g/mol. The first-order valence-corrected chi connectivity index (χ1v) is 7.11. The van der Waals surface area contributed by atoms with Crippen LogP contribution in [0.2, 0.25) is 5.15 Å². The lowest BCUT2D eigenvalue weighted by Gasteiger charge is -2.17. The Morgan fingerprint density at radius 3 is 2.55 bits per heavy atom. The van der Waals surface area contributed by atoms with E-state index >= 15 is 0 Å². The van der Waals surface area contributed by atoms with E-state index in [0.717, 1.165) is 0 Å². The second-order valence-corrected chi connectivity index (χ2v) is 6.52. The van der Waals surface area contributed by atoms with Gasteiger partial charge in [0.1, 0.15) is 22.5 Å². The van der Waals surface area contributed by atoms with Crippen LogP contribution < -0.4 is 4.74 Å². The Morgan fingerprint density at radius 1 is 1.20 bits per heavy atom. The van der Waals surface area contributed by atoms with E-state index in [1.165, 1.54) is 18.2 Å². The molecule has 0 bridgehead atoms. The van der Waals surface area contributed by atoms with Crippen LogP contribution in [0.3, 0.4) is 0 Å². The molecule has 3 nitrogen and oxygen atoms in total. The van der Waals surface area contributed by atoms with Crippen molar-refractivity contribution in [3.05, 3.63) is 45.5 Å². The van der Waals surface area contributed by atoms with Crippen molar-refractivity contribution >= 4 is 27.5 Å². The van der Waals surface area contributed by atoms with Gasteiger partial charge in [0.2, 0.25) is 5.88 Å². The van der Waals surface area contributed by atoms with Gasteiger partial charge < -0.3 is 4.74 Å². The van der Waals surface area contributed by atoms with Crippen LogP contribution in [0.25, 0.3) is 0 Å². The highest BCUT2D eigenvalue weighted by molar-refractivity contribution is 9.10. The first-order valence-electron chi connectivity index (χ1n) is 5.94. The molecule has 0 saturated carbocycles. The summed E-state index contributed by atoms with van der Waals surface area (Å²) in [5, 5.41) is 0.285. The molecule has 0 unspecified atom stereocenters. The van der Waals surface area contributed by atoms with Gasteiger partial charge in [0, 0.05) is 17.5 Å². The zero-order chi connectivity index (χ0) is 14.9. The van der Waals surface area contributed by atoms with Crippen LogP contribution in [0, 0.1) is 5.82 Å². The van der Waals surface area contributed by atoms with Gasteiger partial charge in [-0.05, 0) is 28.1 Å². The minimum Gasteiger partial charge on any atom is -0.438 e. The Labute approximate surface area is 130 Å². The van der Waals surface area contributed by atoms with Crippen molar-refractivity contribution in [3.8, 4) is 11.6 Å². The smallest absolute Gasteiger partial charge is 0.224 e. The fourth-order valence-electron chi connectivity index (χ4n) is 1.45. The number of halogens is 3. The Morgan fingerprint density at radius 2 is 1.90 bits per heavy atom. The normalized spacial score (nSPS) is 11.5. The number of ether oxygens (including phenoxy) is 1. The fraction of sp³-hybridized carbons (Fsp3) is 0.286. The molecule has 2 rings (SSSR count). The zero-order valence-corrected chi connectivity index (χ0v) is 13.6. The summed E-state index contributed by atoms with van der Waals surface area (Å²) in [5.74, 6) is 0.785. The number of hydrogen-bond acceptors (Lipinski definition) is 3. The maximum Gasteiger partial charge on any atom is 0.224 e. The highest BCUT2D eigenvalue weighted by Gasteiger charge is 2.19. The first-order chi connectivity index (χ1) is 9.25. The van der Waals surface area contributed by atoms with Gasteiger partial charge >= 0.3 is 0 Å². The molecule has 20 heavy (non-hydrogen) atoms. The summed E-state index contributed by atoms with van der Waals surface area (Å²) in [4.78, 5) is 8.49. The SMILES string of the molecule is CC(C)(C)c1nc(Cl)cc(Oc2cc(F)ccc2Br)n1. The molecule has 0 aliphatic heterocycles. The van der Waals surface area contributed by atoms with E-state index in [4.69, 9.17) is 16.3 Å². The number of hydrogen-bond donors (Lipinski definition) is 0. The largest absolute Gasteiger partial charge is 0.438 e. The van der Waals surface area contributed by atoms with Gasteiger partial charge in [-0.2, -0.15) is 4.98 Å². The van der Waals surface area contributed by atoms with Crippen molar-refractivity contribution in [2.45, 2.75) is 26.2 Å². The van der Waals surface area contributed by atoms with Crippen LogP contribution in [-0.2, 0) is 5.41 Å². The molecule has 1 heterocycles. The van der Waals surface area contributed by atoms with E-state index in [0.29, 0.717) is 16.0 Å². The lowest BCUT2D eigenvalue weighted by Crippen LogP contribution is -2.16. The summed E-state index contributed by atoms with van der Waals surface area (Å²) < 4.78 is 19.5. The number of rotatable bonds is 2. The molecule has 0 atom stereocenters. The highest BCUT2D eigenvalue weighted by Crippen LogP contribution is 2.31. The summed E-state index contributed by atoms with van der Waals surface area (Å²) in [6, 6.07) is 5.67. The van der Waals surface area contributed by atoms with Gasteiger partial charge in [0.05, 0.1) is 4.47 Å². The van der Waals surface area contributed by atoms with Gasteiger partial charge in [-0.3, -0.25) is 0 Å². The van der Waals surface area contributed by atoms with Crippen LogP contribution >= 0.6 is 27.5 Å². The Hall–Kier alpha value is -1.20. The van der Waals surface area contributed by atoms with Gasteiger partial charge in [0.15, 0.2) is 0 Å². The van der Waals surface area contributed by atoms with Gasteiger partial charge in [-0.1, -0.05) is 32.4 Å². The molecule has 0 spiro atoms. The fourth-order valence-corrected chi connectivity index (χ4v) is 1.95. The molecule has 0 N–H and O–H groups in total. The molecule has 106 valence electrons. The molecule has 1 aromatic carbocycles. The van der Waals surface area contributed by atoms with Gasteiger partial charge in [-0.25, -0.2) is 9.37 Å². The van der Waals surface area contributed by atoms with E-state index in [2.05, 4.69) is 25.9 Å². The van der Waals surface area contributed by atoms with Gasteiger partial charge in [-0.15, -0.1) is 0 Å². The molecule has 0 fully saturated rings. The average Bonchev–Trinajstić information content (AvgIpc) is 2.32. The summed E-state index contributed by atoms with van der Waals surface area (Å²) >= 11 is 9.27. The third-order valence-electron chi connectivity index (χ3n) is 2.45. The van der Waals surface area contributed by atoms with Crippen LogP contribution in [0.5, 0.6) is 11.6 Å². The molecular weight excluding hydrogens is 347 g/mol. The minimum atomic E-state index is -0.389. The summed E-state index contributed by atoms with van der Waals surface area (Å²) in [6.45, 7) is 5.92. The minimum absolute atomic E-state index is 0.262. The maximum atomic E-state index is 13.2. The summed E-state index contributed by atoms with van der Waals surface area (Å²) in [7, 11) is 0. The third kappa shape index (κ3) is 3.67. The summed E-state index contributed by atoms with van der Waals surface area (Å²) in [5.41, 5.74) is -0.262. The quantitative estimate of drug-likeness (QED) is 0.698. The number of benzene rings is 1. The second kappa shape index (κ2) is 5.66. The monoisotopic (exact) mass is 358 g/mol. The summed E-state index contributed by atoms with van der Waals surface area (Å²) in [6.07, 6.45) is 0. The van der Waals surface area contributed by atoms with E-state index in [-0.39, 0.29) is 22.3 Å². The molecule has 1 aromatic heterocycles. The van der Waals surface area contributed by atoms with Crippen LogP contribution in [0.1, 0.15) is 26.6 Å². The topological polar surface area (TPSA) is 35.0 Å². The van der Waals surface area contributed by atoms with Gasteiger partial charge in [0.25, 0.3) is 0 Å². The van der Waals surface area contributed by atoms with Crippen molar-refractivity contribution < 1.29 is 9.13 Å². The molecule has 0 amide bonds. The van der Waals surface area contributed by atoms with Crippen LogP contribution in [0.4, 0.5) is 4.39 Å². The Kier molecular flexibility index (Phi) is 4.30. The molecule has 0 saturated heterocycles. The molecule has 6 heteroatoms. The lowest BCUT2D eigenvalue weighted by atomic mass is 9.96. The van der Waals surface area contributed by atoms with E-state index in [1.807, 2.05) is 20.8 Å². The second-order valence-electron chi connectivity index (χ2n) is 5.28. The van der Waals surface area contributed by atoms with Crippen molar-refractivity contribution in [1.82, 2.24) is 9.97 Å². The van der Waals surface area contributed by atoms with Crippen molar-refractivity contribution in [2.24, 2.45) is 0 Å². The number of aromatic nitrogens is 2. The highest BCUT2D eigenvalue weighted by atomic mass is 79.9. The van der Waals surface area contributed by atoms with Crippen molar-refractivity contribution in [2.75, 3.05) is 0 Å². The van der Waals surface area contributed by atoms with E-state index in [1.54, 1.807) is 6.07 Å². The maximum absolute atomic E-state index is 13.2. The number of nitrogens with zero attached hydrogens (tertiary/aromatic N) is 2. The molecular formula is C14H13BrClFN2O. The van der Waals surface area contributed by atoms with E-state index in [9.17, 15) is 4.39 Å². The zero-order valence-electron chi connectivity index (χ0n) is 11.2. The van der Waals surface area contributed by atoms with Crippen molar-refractivity contribution in [3.63, 3.8) is 0 Å². The van der Waals surface area contributed by atoms with E-state index < -0.39 is 0 Å². The Balaban J connectivity index is 2.39. The lowest BCUT2D eigenvalue weighted by molar-refractivity contribution is 0.440. The molecule has 2 aromatic rings. The molecule has 0 radical (unpaired) electrons. The molecule has 0 aliphatic carbocycles.